The predicted octanol–water partition coefficient (Wildman–Crippen LogP) is 0.842. The van der Waals surface area contributed by atoms with Crippen LogP contribution in [0.5, 0.6) is 0 Å². The summed E-state index contributed by atoms with van der Waals surface area (Å²) in [5, 5.41) is 8.90. The number of hydrogen-bond donors (Lipinski definition) is 3. The molecule has 0 aliphatic carbocycles. The zero-order chi connectivity index (χ0) is 9.10. The maximum absolute atomic E-state index is 10.7. The maximum Gasteiger partial charge on any atom is 0.342 e. The topological polar surface area (TPSA) is 73.6 Å². The summed E-state index contributed by atoms with van der Waals surface area (Å²) in [5.74, 6) is 0.413. The Bertz CT molecular complexity index is 431. The number of aromatic nitrogens is 3. The van der Waals surface area contributed by atoms with Gasteiger partial charge in [0.25, 0.3) is 0 Å². The molecule has 13 heavy (non-hydrogen) atoms. The van der Waals surface area contributed by atoms with E-state index in [2.05, 4.69) is 20.5 Å². The van der Waals surface area contributed by atoms with Crippen molar-refractivity contribution in [1.29, 1.82) is 0 Å². The molecular formula is C8H8N4O. The van der Waals surface area contributed by atoms with E-state index in [0.29, 0.717) is 5.95 Å². The Kier molecular flexibility index (Phi) is 1.84. The molecule has 0 aliphatic rings. The highest BCUT2D eigenvalue weighted by Gasteiger charge is 1.96. The number of nitrogens with one attached hydrogen (secondary N) is 3. The molecule has 0 aliphatic heterocycles. The van der Waals surface area contributed by atoms with Gasteiger partial charge in [-0.25, -0.2) is 9.89 Å². The SMILES string of the molecule is O=c1[nH]nc(Nc2ccccc2)[nH]1. The normalized spacial score (nSPS) is 9.85. The Hall–Kier alpha value is -2.04. The van der Waals surface area contributed by atoms with Crippen LogP contribution < -0.4 is 11.0 Å². The fraction of sp³-hybridized carbons (Fsp3) is 0. The van der Waals surface area contributed by atoms with Crippen LogP contribution in [-0.4, -0.2) is 15.2 Å². The van der Waals surface area contributed by atoms with Crippen molar-refractivity contribution in [3.63, 3.8) is 0 Å². The van der Waals surface area contributed by atoms with Crippen LogP contribution in [0.25, 0.3) is 0 Å². The number of H-pyrrole nitrogens is 2. The third-order valence-corrected chi connectivity index (χ3v) is 1.54. The lowest BCUT2D eigenvalue weighted by atomic mass is 10.3. The first-order valence-electron chi connectivity index (χ1n) is 3.81. The smallest absolute Gasteiger partial charge is 0.324 e. The van der Waals surface area contributed by atoms with Gasteiger partial charge in [-0.05, 0) is 12.1 Å². The highest BCUT2D eigenvalue weighted by Crippen LogP contribution is 2.08. The molecule has 0 spiro atoms. The summed E-state index contributed by atoms with van der Waals surface area (Å²) in [4.78, 5) is 13.2. The molecule has 1 aromatic heterocycles. The second-order valence-electron chi connectivity index (χ2n) is 2.52. The standard InChI is InChI=1S/C8H8N4O/c13-8-10-7(11-12-8)9-6-4-2-1-3-5-6/h1-5H,(H3,9,10,11,12,13). The largest absolute Gasteiger partial charge is 0.342 e. The Morgan fingerprint density at radius 3 is 2.62 bits per heavy atom. The molecule has 0 fully saturated rings. The van der Waals surface area contributed by atoms with Gasteiger partial charge in [0.15, 0.2) is 0 Å². The van der Waals surface area contributed by atoms with Gasteiger partial charge in [0.1, 0.15) is 0 Å². The molecule has 2 rings (SSSR count). The molecule has 0 amide bonds. The van der Waals surface area contributed by atoms with E-state index in [1.54, 1.807) is 0 Å². The van der Waals surface area contributed by atoms with Crippen LogP contribution in [0.4, 0.5) is 11.6 Å². The van der Waals surface area contributed by atoms with Crippen LogP contribution in [0.3, 0.4) is 0 Å². The molecule has 1 heterocycles. The van der Waals surface area contributed by atoms with Gasteiger partial charge in [-0.2, -0.15) is 0 Å². The second kappa shape index (κ2) is 3.14. The van der Waals surface area contributed by atoms with Gasteiger partial charge in [-0.15, -0.1) is 5.10 Å². The molecule has 0 bridgehead atoms. The second-order valence-corrected chi connectivity index (χ2v) is 2.52. The quantitative estimate of drug-likeness (QED) is 0.634. The number of benzene rings is 1. The summed E-state index contributed by atoms with van der Waals surface area (Å²) in [7, 11) is 0. The Morgan fingerprint density at radius 1 is 1.23 bits per heavy atom. The van der Waals surface area contributed by atoms with Crippen molar-refractivity contribution in [2.24, 2.45) is 0 Å². The van der Waals surface area contributed by atoms with E-state index in [4.69, 9.17) is 0 Å². The lowest BCUT2D eigenvalue weighted by Crippen LogP contribution is -2.01. The maximum atomic E-state index is 10.7. The Labute approximate surface area is 73.8 Å². The molecule has 0 saturated heterocycles. The zero-order valence-electron chi connectivity index (χ0n) is 6.74. The molecule has 2 aromatic rings. The van der Waals surface area contributed by atoms with Crippen LogP contribution in [0, 0.1) is 0 Å². The van der Waals surface area contributed by atoms with Crippen molar-refractivity contribution in [3.05, 3.63) is 40.8 Å². The van der Waals surface area contributed by atoms with Crippen LogP contribution in [0.1, 0.15) is 0 Å². The molecule has 0 saturated carbocycles. The van der Waals surface area contributed by atoms with Crippen molar-refractivity contribution in [2.45, 2.75) is 0 Å². The minimum atomic E-state index is -0.321. The van der Waals surface area contributed by atoms with Gasteiger partial charge < -0.3 is 5.32 Å². The summed E-state index contributed by atoms with van der Waals surface area (Å²) in [6, 6.07) is 9.47. The molecule has 0 radical (unpaired) electrons. The minimum Gasteiger partial charge on any atom is -0.324 e. The zero-order valence-corrected chi connectivity index (χ0v) is 6.74. The molecule has 5 heteroatoms. The molecule has 0 unspecified atom stereocenters. The Balaban J connectivity index is 2.20. The summed E-state index contributed by atoms with van der Waals surface area (Å²) in [6.07, 6.45) is 0. The summed E-state index contributed by atoms with van der Waals surface area (Å²) in [6.45, 7) is 0. The molecule has 1 aromatic carbocycles. The van der Waals surface area contributed by atoms with E-state index in [9.17, 15) is 4.79 Å². The average Bonchev–Trinajstić information content (AvgIpc) is 2.53. The molecule has 3 N–H and O–H groups in total. The van der Waals surface area contributed by atoms with Crippen molar-refractivity contribution in [3.8, 4) is 0 Å². The number of aromatic amines is 2. The number of rotatable bonds is 2. The highest BCUT2D eigenvalue weighted by molar-refractivity contribution is 5.51. The van der Waals surface area contributed by atoms with Crippen molar-refractivity contribution in [2.75, 3.05) is 5.32 Å². The molecule has 5 nitrogen and oxygen atoms in total. The van der Waals surface area contributed by atoms with Crippen LogP contribution >= 0.6 is 0 Å². The fourth-order valence-corrected chi connectivity index (χ4v) is 0.988. The number of anilines is 2. The van der Waals surface area contributed by atoms with Crippen LogP contribution in [0.15, 0.2) is 35.1 Å². The number of hydrogen-bond acceptors (Lipinski definition) is 3. The predicted molar refractivity (Wildman–Crippen MR) is 48.9 cm³/mol. The van der Waals surface area contributed by atoms with Crippen molar-refractivity contribution in [1.82, 2.24) is 15.2 Å². The first-order chi connectivity index (χ1) is 6.34. The molecule has 0 atom stereocenters. The minimum absolute atomic E-state index is 0.321. The van der Waals surface area contributed by atoms with Crippen LogP contribution in [0.2, 0.25) is 0 Å². The van der Waals surface area contributed by atoms with Gasteiger partial charge in [0, 0.05) is 5.69 Å². The van der Waals surface area contributed by atoms with Gasteiger partial charge >= 0.3 is 5.69 Å². The summed E-state index contributed by atoms with van der Waals surface area (Å²) < 4.78 is 0. The van der Waals surface area contributed by atoms with Gasteiger partial charge in [-0.3, -0.25) is 4.98 Å². The number of nitrogens with zero attached hydrogens (tertiary/aromatic N) is 1. The molecule has 66 valence electrons. The average molecular weight is 176 g/mol. The Morgan fingerprint density at radius 2 is 2.00 bits per heavy atom. The van der Waals surface area contributed by atoms with E-state index >= 15 is 0 Å². The third-order valence-electron chi connectivity index (χ3n) is 1.54. The van der Waals surface area contributed by atoms with Crippen molar-refractivity contribution < 1.29 is 0 Å². The number of para-hydroxylation sites is 1. The van der Waals surface area contributed by atoms with E-state index in [0.717, 1.165) is 5.69 Å². The van der Waals surface area contributed by atoms with E-state index in [1.165, 1.54) is 0 Å². The first kappa shape index (κ1) is 7.60. The summed E-state index contributed by atoms with van der Waals surface area (Å²) >= 11 is 0. The van der Waals surface area contributed by atoms with E-state index < -0.39 is 0 Å². The van der Waals surface area contributed by atoms with E-state index in [-0.39, 0.29) is 5.69 Å². The summed E-state index contributed by atoms with van der Waals surface area (Å²) in [5.41, 5.74) is 0.559. The lowest BCUT2D eigenvalue weighted by Gasteiger charge is -1.99. The van der Waals surface area contributed by atoms with Gasteiger partial charge in [-0.1, -0.05) is 18.2 Å². The highest BCUT2D eigenvalue weighted by atomic mass is 16.1. The molecular weight excluding hydrogens is 168 g/mol. The monoisotopic (exact) mass is 176 g/mol. The lowest BCUT2D eigenvalue weighted by molar-refractivity contribution is 1.05. The van der Waals surface area contributed by atoms with Crippen molar-refractivity contribution >= 4 is 11.6 Å². The fourth-order valence-electron chi connectivity index (χ4n) is 0.988. The van der Waals surface area contributed by atoms with Gasteiger partial charge in [0.05, 0.1) is 0 Å². The van der Waals surface area contributed by atoms with Gasteiger partial charge in [0.2, 0.25) is 5.95 Å². The third kappa shape index (κ3) is 1.76. The van der Waals surface area contributed by atoms with E-state index in [1.807, 2.05) is 30.3 Å². The first-order valence-corrected chi connectivity index (χ1v) is 3.81. The van der Waals surface area contributed by atoms with Crippen LogP contribution in [-0.2, 0) is 0 Å².